The van der Waals surface area contributed by atoms with E-state index < -0.39 is 0 Å². The average Bonchev–Trinajstić information content (AvgIpc) is 3.83. The molecule has 0 saturated carbocycles. The number of nitrogens with zero attached hydrogens (tertiary/aromatic N) is 2. The van der Waals surface area contributed by atoms with Crippen LogP contribution in [-0.2, 0) is 6.42 Å². The van der Waals surface area contributed by atoms with E-state index in [1.807, 2.05) is 0 Å². The van der Waals surface area contributed by atoms with E-state index in [1.54, 1.807) is 0 Å². The second-order valence-electron chi connectivity index (χ2n) is 14.7. The lowest BCUT2D eigenvalue weighted by Crippen LogP contribution is -2.45. The first-order valence-electron chi connectivity index (χ1n) is 19.4. The van der Waals surface area contributed by atoms with E-state index in [9.17, 15) is 0 Å². The van der Waals surface area contributed by atoms with Crippen molar-refractivity contribution in [2.24, 2.45) is 4.99 Å². The lowest BCUT2D eigenvalue weighted by molar-refractivity contribution is 0.409. The first-order chi connectivity index (χ1) is 27.7. The second-order valence-corrected chi connectivity index (χ2v) is 14.7. The van der Waals surface area contributed by atoms with Gasteiger partial charge in [0.05, 0.1) is 11.0 Å². The number of allylic oxidation sites excluding steroid dienone is 1. The predicted molar refractivity (Wildman–Crippen MR) is 230 cm³/mol. The summed E-state index contributed by atoms with van der Waals surface area (Å²) in [5, 5.41) is 11.2. The summed E-state index contributed by atoms with van der Waals surface area (Å²) in [4.78, 5) is 5.36. The van der Waals surface area contributed by atoms with Gasteiger partial charge in [0.2, 0.25) is 0 Å². The third kappa shape index (κ3) is 5.55. The molecule has 9 aromatic rings. The molecule has 0 spiro atoms. The largest absolute Gasteiger partial charge is 0.456 e. The number of nitrogens with one attached hydrogen (secondary N) is 2. The molecule has 0 bridgehead atoms. The van der Waals surface area contributed by atoms with Crippen molar-refractivity contribution in [3.63, 3.8) is 0 Å². The van der Waals surface area contributed by atoms with E-state index >= 15 is 0 Å². The average molecular weight is 723 g/mol. The highest BCUT2D eigenvalue weighted by Crippen LogP contribution is 2.41. The normalized spacial score (nSPS) is 16.5. The Morgan fingerprint density at radius 2 is 1.34 bits per heavy atom. The van der Waals surface area contributed by atoms with Crippen LogP contribution < -0.4 is 10.6 Å². The fourth-order valence-corrected chi connectivity index (χ4v) is 8.69. The summed E-state index contributed by atoms with van der Waals surface area (Å²) in [7, 11) is 0. The molecule has 56 heavy (non-hydrogen) atoms. The van der Waals surface area contributed by atoms with Crippen molar-refractivity contribution in [3.8, 4) is 27.9 Å². The summed E-state index contributed by atoms with van der Waals surface area (Å²) in [6.07, 6.45) is 5.93. The summed E-state index contributed by atoms with van der Waals surface area (Å²) in [5.74, 6) is 1.85. The number of rotatable bonds is 6. The maximum absolute atomic E-state index is 6.34. The summed E-state index contributed by atoms with van der Waals surface area (Å²) in [6, 6.07) is 60.7. The van der Waals surface area contributed by atoms with Gasteiger partial charge in [0.25, 0.3) is 0 Å². The standard InChI is InChI=1S/C51H38N4O/c1-3-14-33(15-4-1)35-18-11-19-37(30-35)50-52-49(34-16-5-2-6-17-34)53-51(54-50)38-20-12-21-39(31-38)55-44-25-9-7-22-41(44)42-29-28-36(32-45(42)55)40-24-13-27-47-48(40)43-23-8-10-26-46(43)56-47/h1-7,9-22,24-32,49,51,53H,8,23H2,(H,52,54). The minimum Gasteiger partial charge on any atom is -0.456 e. The first kappa shape index (κ1) is 32.5. The SMILES string of the molecule is C1=Cc2oc3cccc(-c4ccc5c6ccccc6n(-c6cccc(C7N=C(c8cccc(-c9ccccc9)c8)NC(c8ccccc8)N7)c6)c5c4)c3c2CC1. The van der Waals surface area contributed by atoms with Gasteiger partial charge in [-0.2, -0.15) is 0 Å². The van der Waals surface area contributed by atoms with Crippen molar-refractivity contribution in [2.45, 2.75) is 25.2 Å². The van der Waals surface area contributed by atoms with Crippen LogP contribution in [0.4, 0.5) is 0 Å². The van der Waals surface area contributed by atoms with Gasteiger partial charge < -0.3 is 14.3 Å². The minimum atomic E-state index is -0.292. The fourth-order valence-electron chi connectivity index (χ4n) is 8.69. The zero-order valence-electron chi connectivity index (χ0n) is 30.7. The molecule has 0 amide bonds. The van der Waals surface area contributed by atoms with Crippen LogP contribution in [0.1, 0.15) is 46.8 Å². The van der Waals surface area contributed by atoms with Gasteiger partial charge in [-0.25, -0.2) is 4.99 Å². The van der Waals surface area contributed by atoms with Crippen molar-refractivity contribution >= 4 is 44.7 Å². The van der Waals surface area contributed by atoms with Gasteiger partial charge in [-0.1, -0.05) is 140 Å². The molecule has 268 valence electrons. The first-order valence-corrected chi connectivity index (χ1v) is 19.4. The monoisotopic (exact) mass is 722 g/mol. The quantitative estimate of drug-likeness (QED) is 0.180. The lowest BCUT2D eigenvalue weighted by atomic mass is 9.94. The van der Waals surface area contributed by atoms with E-state index in [-0.39, 0.29) is 12.3 Å². The molecule has 3 heterocycles. The molecule has 1 aliphatic carbocycles. The summed E-state index contributed by atoms with van der Waals surface area (Å²) in [6.45, 7) is 0. The number of hydrogen-bond donors (Lipinski definition) is 2. The molecule has 2 aromatic heterocycles. The third-order valence-electron chi connectivity index (χ3n) is 11.3. The smallest absolute Gasteiger partial charge is 0.135 e. The van der Waals surface area contributed by atoms with Gasteiger partial charge >= 0.3 is 0 Å². The number of aromatic nitrogens is 1. The fraction of sp³-hybridized carbons (Fsp3) is 0.0784. The van der Waals surface area contributed by atoms with Crippen molar-refractivity contribution < 1.29 is 4.42 Å². The highest BCUT2D eigenvalue weighted by atomic mass is 16.3. The lowest BCUT2D eigenvalue weighted by Gasteiger charge is -2.32. The van der Waals surface area contributed by atoms with Crippen LogP contribution >= 0.6 is 0 Å². The van der Waals surface area contributed by atoms with Crippen molar-refractivity contribution in [3.05, 3.63) is 204 Å². The zero-order chi connectivity index (χ0) is 37.0. The van der Waals surface area contributed by atoms with Crippen molar-refractivity contribution in [1.82, 2.24) is 15.2 Å². The van der Waals surface area contributed by atoms with E-state index in [2.05, 4.69) is 197 Å². The van der Waals surface area contributed by atoms with E-state index in [0.29, 0.717) is 0 Å². The van der Waals surface area contributed by atoms with E-state index in [0.717, 1.165) is 63.5 Å². The van der Waals surface area contributed by atoms with Gasteiger partial charge in [0.1, 0.15) is 29.5 Å². The molecule has 2 atom stereocenters. The van der Waals surface area contributed by atoms with Gasteiger partial charge in [-0.15, -0.1) is 0 Å². The summed E-state index contributed by atoms with van der Waals surface area (Å²) in [5.41, 5.74) is 13.7. The van der Waals surface area contributed by atoms with Crippen LogP contribution in [0.3, 0.4) is 0 Å². The highest BCUT2D eigenvalue weighted by Gasteiger charge is 2.26. The summed E-state index contributed by atoms with van der Waals surface area (Å²) < 4.78 is 8.75. The van der Waals surface area contributed by atoms with Gasteiger partial charge in [0, 0.05) is 33.0 Å². The molecule has 2 N–H and O–H groups in total. The van der Waals surface area contributed by atoms with Gasteiger partial charge in [-0.05, 0) is 88.7 Å². The Morgan fingerprint density at radius 3 is 2.25 bits per heavy atom. The zero-order valence-corrected chi connectivity index (χ0v) is 30.7. The van der Waals surface area contributed by atoms with Crippen LogP contribution in [0.25, 0.3) is 66.8 Å². The number of fused-ring (bicyclic) bond motifs is 6. The number of aliphatic imine (C=N–C) groups is 1. The molecule has 0 radical (unpaired) electrons. The van der Waals surface area contributed by atoms with Gasteiger partial charge in [0.15, 0.2) is 0 Å². The van der Waals surface area contributed by atoms with E-state index in [1.165, 1.54) is 43.9 Å². The Bertz CT molecular complexity index is 2990. The Labute approximate surface area is 325 Å². The van der Waals surface area contributed by atoms with Crippen LogP contribution in [0.15, 0.2) is 185 Å². The molecule has 5 nitrogen and oxygen atoms in total. The Kier molecular flexibility index (Phi) is 7.78. The molecule has 1 aliphatic heterocycles. The third-order valence-corrected chi connectivity index (χ3v) is 11.3. The molecular formula is C51H38N4O. The van der Waals surface area contributed by atoms with Crippen LogP contribution in [0, 0.1) is 0 Å². The van der Waals surface area contributed by atoms with Crippen molar-refractivity contribution in [2.75, 3.05) is 0 Å². The maximum Gasteiger partial charge on any atom is 0.135 e. The predicted octanol–water partition coefficient (Wildman–Crippen LogP) is 12.2. The van der Waals surface area contributed by atoms with E-state index in [4.69, 9.17) is 9.41 Å². The number of amidine groups is 1. The molecule has 2 aliphatic rings. The second kappa shape index (κ2) is 13.4. The topological polar surface area (TPSA) is 54.5 Å². The molecule has 0 fully saturated rings. The number of para-hydroxylation sites is 1. The number of benzene rings is 7. The van der Waals surface area contributed by atoms with Crippen LogP contribution in [0.5, 0.6) is 0 Å². The highest BCUT2D eigenvalue weighted by molar-refractivity contribution is 6.11. The molecule has 0 saturated heterocycles. The Balaban J connectivity index is 1.04. The number of furan rings is 1. The molecular weight excluding hydrogens is 685 g/mol. The molecule has 11 rings (SSSR count). The Morgan fingerprint density at radius 1 is 0.589 bits per heavy atom. The Hall–Kier alpha value is -6.95. The van der Waals surface area contributed by atoms with Crippen molar-refractivity contribution in [1.29, 1.82) is 0 Å². The molecule has 5 heteroatoms. The molecule has 2 unspecified atom stereocenters. The maximum atomic E-state index is 6.34. The van der Waals surface area contributed by atoms with Crippen LogP contribution in [-0.4, -0.2) is 10.4 Å². The van der Waals surface area contributed by atoms with Gasteiger partial charge in [-0.3, -0.25) is 5.32 Å². The number of aryl methyl sites for hydroxylation is 1. The summed E-state index contributed by atoms with van der Waals surface area (Å²) >= 11 is 0. The molecule has 7 aromatic carbocycles. The number of hydrogen-bond acceptors (Lipinski definition) is 4. The minimum absolute atomic E-state index is 0.139. The van der Waals surface area contributed by atoms with Crippen LogP contribution in [0.2, 0.25) is 0 Å².